The van der Waals surface area contributed by atoms with E-state index in [1.807, 2.05) is 19.9 Å². The number of carbonyl (C=O) groups is 1. The Morgan fingerprint density at radius 3 is 2.58 bits per heavy atom. The van der Waals surface area contributed by atoms with Gasteiger partial charge in [-0.1, -0.05) is 25.4 Å². The molecule has 0 saturated carbocycles. The summed E-state index contributed by atoms with van der Waals surface area (Å²) in [5.74, 6) is 0.155. The second kappa shape index (κ2) is 7.36. The van der Waals surface area contributed by atoms with Gasteiger partial charge in [0.15, 0.2) is 6.10 Å². The van der Waals surface area contributed by atoms with Crippen LogP contribution in [0.5, 0.6) is 5.75 Å². The first kappa shape index (κ1) is 15.8. The van der Waals surface area contributed by atoms with Crippen molar-refractivity contribution in [2.45, 2.75) is 45.3 Å². The highest BCUT2D eigenvalue weighted by Gasteiger charge is 2.17. The average Bonchev–Trinajstić information content (AvgIpc) is 2.37. The molecule has 1 aromatic rings. The molecule has 5 heteroatoms. The lowest BCUT2D eigenvalue weighted by Gasteiger charge is -2.18. The van der Waals surface area contributed by atoms with E-state index in [4.69, 9.17) is 27.8 Å². The summed E-state index contributed by atoms with van der Waals surface area (Å²) in [6.45, 7) is 3.87. The van der Waals surface area contributed by atoms with Crippen LogP contribution in [0.25, 0.3) is 0 Å². The molecule has 0 radical (unpaired) electrons. The van der Waals surface area contributed by atoms with Gasteiger partial charge in [-0.2, -0.15) is 0 Å². The van der Waals surface area contributed by atoms with Crippen LogP contribution in [-0.4, -0.2) is 18.1 Å². The molecule has 0 aromatic heterocycles. The molecule has 1 amide bonds. The van der Waals surface area contributed by atoms with Crippen LogP contribution in [0.3, 0.4) is 0 Å². The van der Waals surface area contributed by atoms with Crippen LogP contribution in [-0.2, 0) is 11.2 Å². The van der Waals surface area contributed by atoms with Crippen molar-refractivity contribution in [2.75, 3.05) is 0 Å². The van der Waals surface area contributed by atoms with E-state index >= 15 is 0 Å². The summed E-state index contributed by atoms with van der Waals surface area (Å²) < 4.78 is 5.67. The quantitative estimate of drug-likeness (QED) is 0.806. The van der Waals surface area contributed by atoms with Gasteiger partial charge in [-0.05, 0) is 43.0 Å². The Bertz CT molecular complexity index is 437. The van der Waals surface area contributed by atoms with Crippen LogP contribution >= 0.6 is 11.6 Å². The maximum Gasteiger partial charge on any atom is 0.258 e. The minimum absolute atomic E-state index is 0.0365. The zero-order chi connectivity index (χ0) is 14.4. The van der Waals surface area contributed by atoms with Crippen molar-refractivity contribution in [3.05, 3.63) is 28.8 Å². The minimum atomic E-state index is -0.627. The second-order valence-electron chi connectivity index (χ2n) is 4.54. The molecule has 0 aliphatic carbocycles. The molecule has 4 N–H and O–H groups in total. The summed E-state index contributed by atoms with van der Waals surface area (Å²) in [6, 6.07) is 5.34. The molecule has 0 bridgehead atoms. The topological polar surface area (TPSA) is 78.3 Å². The molecule has 0 fully saturated rings. The highest BCUT2D eigenvalue weighted by Crippen LogP contribution is 2.25. The van der Waals surface area contributed by atoms with Crippen molar-refractivity contribution in [3.8, 4) is 5.75 Å². The van der Waals surface area contributed by atoms with E-state index in [1.54, 1.807) is 12.1 Å². The molecular weight excluding hydrogens is 264 g/mol. The molecule has 0 aliphatic rings. The van der Waals surface area contributed by atoms with Gasteiger partial charge in [0.2, 0.25) is 0 Å². The largest absolute Gasteiger partial charge is 0.480 e. The number of halogens is 1. The lowest BCUT2D eigenvalue weighted by Crippen LogP contribution is -2.33. The Morgan fingerprint density at radius 2 is 2.05 bits per heavy atom. The standard InChI is InChI=1S/C14H21ClN2O2/c1-3-11(16)8-9-7-10(15)5-6-13(9)19-12(4-2)14(17)18/h5-7,11-12H,3-4,8,16H2,1-2H3,(H2,17,18). The molecule has 1 aromatic carbocycles. The smallest absolute Gasteiger partial charge is 0.258 e. The molecule has 0 aliphatic heterocycles. The van der Waals surface area contributed by atoms with E-state index in [2.05, 4.69) is 0 Å². The predicted octanol–water partition coefficient (Wildman–Crippen LogP) is 2.26. The minimum Gasteiger partial charge on any atom is -0.480 e. The molecule has 4 nitrogen and oxygen atoms in total. The summed E-state index contributed by atoms with van der Waals surface area (Å²) in [5.41, 5.74) is 12.1. The third kappa shape index (κ3) is 4.73. The number of benzene rings is 1. The summed E-state index contributed by atoms with van der Waals surface area (Å²) in [7, 11) is 0. The maximum atomic E-state index is 11.2. The molecule has 0 spiro atoms. The van der Waals surface area contributed by atoms with Crippen LogP contribution in [0, 0.1) is 0 Å². The first-order valence-electron chi connectivity index (χ1n) is 6.47. The fourth-order valence-electron chi connectivity index (χ4n) is 1.75. The third-order valence-corrected chi connectivity index (χ3v) is 3.22. The summed E-state index contributed by atoms with van der Waals surface area (Å²) in [6.07, 6.45) is 1.41. The first-order valence-corrected chi connectivity index (χ1v) is 6.85. The van der Waals surface area contributed by atoms with E-state index in [-0.39, 0.29) is 6.04 Å². The molecule has 2 unspecified atom stereocenters. The molecule has 19 heavy (non-hydrogen) atoms. The second-order valence-corrected chi connectivity index (χ2v) is 4.98. The van der Waals surface area contributed by atoms with Gasteiger partial charge in [0, 0.05) is 11.1 Å². The number of hydrogen-bond donors (Lipinski definition) is 2. The number of nitrogens with two attached hydrogens (primary N) is 2. The van der Waals surface area contributed by atoms with Gasteiger partial charge in [0.05, 0.1) is 0 Å². The van der Waals surface area contributed by atoms with Gasteiger partial charge in [-0.3, -0.25) is 4.79 Å². The highest BCUT2D eigenvalue weighted by atomic mass is 35.5. The summed E-state index contributed by atoms with van der Waals surface area (Å²) in [4.78, 5) is 11.2. The van der Waals surface area contributed by atoms with Gasteiger partial charge >= 0.3 is 0 Å². The number of carbonyl (C=O) groups excluding carboxylic acids is 1. The van der Waals surface area contributed by atoms with Crippen LogP contribution in [0.1, 0.15) is 32.3 Å². The Hall–Kier alpha value is -1.26. The van der Waals surface area contributed by atoms with Crippen LogP contribution in [0.2, 0.25) is 5.02 Å². The number of hydrogen-bond acceptors (Lipinski definition) is 3. The van der Waals surface area contributed by atoms with Crippen molar-refractivity contribution in [1.82, 2.24) is 0 Å². The number of ether oxygens (including phenoxy) is 1. The average molecular weight is 285 g/mol. The summed E-state index contributed by atoms with van der Waals surface area (Å²) in [5, 5.41) is 0.623. The van der Waals surface area contributed by atoms with Crippen molar-refractivity contribution in [1.29, 1.82) is 0 Å². The monoisotopic (exact) mass is 284 g/mol. The van der Waals surface area contributed by atoms with Gasteiger partial charge in [0.1, 0.15) is 5.75 Å². The summed E-state index contributed by atoms with van der Waals surface area (Å²) >= 11 is 5.99. The van der Waals surface area contributed by atoms with Crippen LogP contribution in [0.4, 0.5) is 0 Å². The van der Waals surface area contributed by atoms with Crippen LogP contribution < -0.4 is 16.2 Å². The Morgan fingerprint density at radius 1 is 1.37 bits per heavy atom. The molecule has 0 heterocycles. The highest BCUT2D eigenvalue weighted by molar-refractivity contribution is 6.30. The fraction of sp³-hybridized carbons (Fsp3) is 0.500. The Balaban J connectivity index is 2.95. The van der Waals surface area contributed by atoms with Crippen molar-refractivity contribution in [2.24, 2.45) is 11.5 Å². The Kier molecular flexibility index (Phi) is 6.12. The van der Waals surface area contributed by atoms with Gasteiger partial charge in [-0.15, -0.1) is 0 Å². The molecule has 1 rings (SSSR count). The third-order valence-electron chi connectivity index (χ3n) is 2.99. The molecule has 2 atom stereocenters. The zero-order valence-corrected chi connectivity index (χ0v) is 12.1. The Labute approximate surface area is 119 Å². The van der Waals surface area contributed by atoms with E-state index in [0.717, 1.165) is 12.0 Å². The maximum absolute atomic E-state index is 11.2. The number of rotatable bonds is 7. The van der Waals surface area contributed by atoms with Gasteiger partial charge in [-0.25, -0.2) is 0 Å². The van der Waals surface area contributed by atoms with E-state index in [9.17, 15) is 4.79 Å². The molecule has 106 valence electrons. The van der Waals surface area contributed by atoms with Crippen molar-refractivity contribution >= 4 is 17.5 Å². The SMILES string of the molecule is CCC(N)Cc1cc(Cl)ccc1OC(CC)C(N)=O. The predicted molar refractivity (Wildman–Crippen MR) is 77.3 cm³/mol. The number of amides is 1. The van der Waals surface area contributed by atoms with E-state index < -0.39 is 12.0 Å². The van der Waals surface area contributed by atoms with Crippen LogP contribution in [0.15, 0.2) is 18.2 Å². The van der Waals surface area contributed by atoms with E-state index in [1.165, 1.54) is 0 Å². The number of primary amides is 1. The molecule has 0 saturated heterocycles. The molecular formula is C14H21ClN2O2. The zero-order valence-electron chi connectivity index (χ0n) is 11.4. The lowest BCUT2D eigenvalue weighted by atomic mass is 10.0. The van der Waals surface area contributed by atoms with Gasteiger partial charge in [0.25, 0.3) is 5.91 Å². The lowest BCUT2D eigenvalue weighted by molar-refractivity contribution is -0.124. The van der Waals surface area contributed by atoms with Crippen molar-refractivity contribution < 1.29 is 9.53 Å². The normalized spacial score (nSPS) is 13.9. The van der Waals surface area contributed by atoms with Gasteiger partial charge < -0.3 is 16.2 Å². The van der Waals surface area contributed by atoms with E-state index in [0.29, 0.717) is 23.6 Å². The fourth-order valence-corrected chi connectivity index (χ4v) is 1.94. The van der Waals surface area contributed by atoms with Crippen molar-refractivity contribution in [3.63, 3.8) is 0 Å². The first-order chi connectivity index (χ1) is 8.97.